The minimum atomic E-state index is 0.149. The van der Waals surface area contributed by atoms with Gasteiger partial charge in [-0.05, 0) is 25.6 Å². The van der Waals surface area contributed by atoms with Crippen molar-refractivity contribution in [3.05, 3.63) is 36.2 Å². The molecule has 0 amide bonds. The third-order valence-electron chi connectivity index (χ3n) is 3.75. The zero-order chi connectivity index (χ0) is 14.8. The van der Waals surface area contributed by atoms with Gasteiger partial charge in [0.15, 0.2) is 5.76 Å². The van der Waals surface area contributed by atoms with Crippen molar-refractivity contribution >= 4 is 11.0 Å². The van der Waals surface area contributed by atoms with Crippen LogP contribution in [0, 0.1) is 0 Å². The highest BCUT2D eigenvalue weighted by Gasteiger charge is 2.21. The largest absolute Gasteiger partial charge is 0.453 e. The predicted octanol–water partition coefficient (Wildman–Crippen LogP) is 3.58. The molecule has 5 heteroatoms. The Labute approximate surface area is 123 Å². The lowest BCUT2D eigenvalue weighted by Crippen LogP contribution is -2.30. The van der Waals surface area contributed by atoms with E-state index in [-0.39, 0.29) is 12.0 Å². The Balaban J connectivity index is 1.87. The van der Waals surface area contributed by atoms with E-state index >= 15 is 0 Å². The van der Waals surface area contributed by atoms with Gasteiger partial charge in [0, 0.05) is 11.4 Å². The van der Waals surface area contributed by atoms with Crippen LogP contribution in [0.3, 0.4) is 0 Å². The van der Waals surface area contributed by atoms with E-state index in [0.717, 1.165) is 17.5 Å². The van der Waals surface area contributed by atoms with Gasteiger partial charge in [0.1, 0.15) is 5.58 Å². The molecule has 5 nitrogen and oxygen atoms in total. The number of hydrogen-bond acceptors (Lipinski definition) is 5. The van der Waals surface area contributed by atoms with Gasteiger partial charge in [-0.2, -0.15) is 4.98 Å². The minimum absolute atomic E-state index is 0.149. The first-order chi connectivity index (χ1) is 10.2. The molecular weight excluding hydrogens is 266 g/mol. The molecule has 2 atom stereocenters. The van der Waals surface area contributed by atoms with E-state index in [0.29, 0.717) is 17.5 Å². The van der Waals surface area contributed by atoms with Gasteiger partial charge >= 0.3 is 0 Å². The average molecular weight is 285 g/mol. The second-order valence-electron chi connectivity index (χ2n) is 5.24. The van der Waals surface area contributed by atoms with E-state index in [1.807, 2.05) is 30.3 Å². The number of aromatic nitrogens is 2. The molecule has 1 aromatic carbocycles. The number of benzene rings is 1. The Morgan fingerprint density at radius 3 is 2.81 bits per heavy atom. The maximum Gasteiger partial charge on any atom is 0.238 e. The monoisotopic (exact) mass is 285 g/mol. The molecule has 110 valence electrons. The van der Waals surface area contributed by atoms with Gasteiger partial charge in [-0.1, -0.05) is 37.2 Å². The van der Waals surface area contributed by atoms with Crippen LogP contribution in [0.1, 0.15) is 32.6 Å². The summed E-state index contributed by atoms with van der Waals surface area (Å²) in [7, 11) is 0. The first kappa shape index (κ1) is 13.8. The summed E-state index contributed by atoms with van der Waals surface area (Å²) >= 11 is 0. The van der Waals surface area contributed by atoms with Crippen molar-refractivity contribution in [2.45, 2.75) is 32.7 Å². The number of hydrogen-bond donors (Lipinski definition) is 1. The van der Waals surface area contributed by atoms with E-state index < -0.39 is 0 Å². The molecule has 0 aliphatic rings. The average Bonchev–Trinajstić information content (AvgIpc) is 3.13. The highest BCUT2D eigenvalue weighted by Crippen LogP contribution is 2.27. The number of fused-ring (bicyclic) bond motifs is 1. The molecule has 2 heterocycles. The SMILES string of the molecule is CCNC(C)C(C)c1nc(-c2cc3ccccc3o2)no1. The molecule has 0 radical (unpaired) electrons. The van der Waals surface area contributed by atoms with E-state index in [2.05, 4.69) is 36.2 Å². The van der Waals surface area contributed by atoms with Crippen LogP contribution in [0.4, 0.5) is 0 Å². The molecule has 3 aromatic rings. The van der Waals surface area contributed by atoms with Crippen LogP contribution >= 0.6 is 0 Å². The number of rotatable bonds is 5. The molecule has 0 bridgehead atoms. The number of nitrogens with zero attached hydrogens (tertiary/aromatic N) is 2. The summed E-state index contributed by atoms with van der Waals surface area (Å²) in [4.78, 5) is 4.47. The van der Waals surface area contributed by atoms with Crippen LogP contribution < -0.4 is 5.32 Å². The molecule has 0 saturated carbocycles. The Kier molecular flexibility index (Phi) is 3.75. The number of para-hydroxylation sites is 1. The van der Waals surface area contributed by atoms with Gasteiger partial charge in [0.25, 0.3) is 0 Å². The highest BCUT2D eigenvalue weighted by molar-refractivity contribution is 5.81. The first-order valence-corrected chi connectivity index (χ1v) is 7.25. The standard InChI is InChI=1S/C16H19N3O2/c1-4-17-11(3)10(2)16-18-15(19-21-16)14-9-12-7-5-6-8-13(12)20-14/h5-11,17H,4H2,1-3H3. The number of likely N-dealkylation sites (N-methyl/N-ethyl adjacent to an activating group) is 1. The smallest absolute Gasteiger partial charge is 0.238 e. The summed E-state index contributed by atoms with van der Waals surface area (Å²) in [5.41, 5.74) is 0.827. The Bertz CT molecular complexity index is 699. The van der Waals surface area contributed by atoms with Crippen LogP contribution in [0.25, 0.3) is 22.6 Å². The summed E-state index contributed by atoms with van der Waals surface area (Å²) in [5.74, 6) is 1.90. The molecule has 0 saturated heterocycles. The van der Waals surface area contributed by atoms with Crippen LogP contribution in [0.15, 0.2) is 39.3 Å². The third-order valence-corrected chi connectivity index (χ3v) is 3.75. The van der Waals surface area contributed by atoms with Crippen molar-refractivity contribution in [3.63, 3.8) is 0 Å². The third kappa shape index (κ3) is 2.69. The van der Waals surface area contributed by atoms with Gasteiger partial charge in [0.05, 0.1) is 5.92 Å². The zero-order valence-corrected chi connectivity index (χ0v) is 12.5. The highest BCUT2D eigenvalue weighted by atomic mass is 16.5. The Morgan fingerprint density at radius 1 is 1.24 bits per heavy atom. The van der Waals surface area contributed by atoms with E-state index in [1.54, 1.807) is 0 Å². The predicted molar refractivity (Wildman–Crippen MR) is 81.1 cm³/mol. The summed E-state index contributed by atoms with van der Waals surface area (Å²) in [5, 5.41) is 8.44. The summed E-state index contributed by atoms with van der Waals surface area (Å²) in [6.45, 7) is 7.18. The summed E-state index contributed by atoms with van der Waals surface area (Å²) in [6.07, 6.45) is 0. The quantitative estimate of drug-likeness (QED) is 0.776. The van der Waals surface area contributed by atoms with Gasteiger partial charge in [-0.15, -0.1) is 0 Å². The van der Waals surface area contributed by atoms with E-state index in [4.69, 9.17) is 8.94 Å². The van der Waals surface area contributed by atoms with Gasteiger partial charge in [-0.25, -0.2) is 0 Å². The van der Waals surface area contributed by atoms with E-state index in [9.17, 15) is 0 Å². The zero-order valence-electron chi connectivity index (χ0n) is 12.5. The molecule has 0 fully saturated rings. The minimum Gasteiger partial charge on any atom is -0.453 e. The molecule has 0 aliphatic heterocycles. The van der Waals surface area contributed by atoms with Gasteiger partial charge < -0.3 is 14.3 Å². The normalized spacial score (nSPS) is 14.4. The second kappa shape index (κ2) is 5.69. The number of nitrogens with one attached hydrogen (secondary N) is 1. The van der Waals surface area contributed by atoms with Crippen molar-refractivity contribution in [1.29, 1.82) is 0 Å². The maximum atomic E-state index is 5.75. The van der Waals surface area contributed by atoms with Crippen molar-refractivity contribution in [1.82, 2.24) is 15.5 Å². The molecule has 21 heavy (non-hydrogen) atoms. The molecule has 2 unspecified atom stereocenters. The first-order valence-electron chi connectivity index (χ1n) is 7.25. The van der Waals surface area contributed by atoms with Crippen LogP contribution in [-0.4, -0.2) is 22.7 Å². The molecule has 2 aromatic heterocycles. The van der Waals surface area contributed by atoms with Crippen LogP contribution in [0.2, 0.25) is 0 Å². The lowest BCUT2D eigenvalue weighted by molar-refractivity contribution is 0.332. The van der Waals surface area contributed by atoms with Crippen molar-refractivity contribution in [2.75, 3.05) is 6.54 Å². The Hall–Kier alpha value is -2.14. The van der Waals surface area contributed by atoms with Crippen LogP contribution in [0.5, 0.6) is 0 Å². The molecule has 0 aliphatic carbocycles. The fourth-order valence-electron chi connectivity index (χ4n) is 2.32. The van der Waals surface area contributed by atoms with Crippen LogP contribution in [-0.2, 0) is 0 Å². The topological polar surface area (TPSA) is 64.1 Å². The lowest BCUT2D eigenvalue weighted by atomic mass is 10.0. The molecular formula is C16H19N3O2. The maximum absolute atomic E-state index is 5.75. The lowest BCUT2D eigenvalue weighted by Gasteiger charge is -2.16. The fourth-order valence-corrected chi connectivity index (χ4v) is 2.32. The van der Waals surface area contributed by atoms with Crippen molar-refractivity contribution < 1.29 is 8.94 Å². The molecule has 1 N–H and O–H groups in total. The number of furan rings is 1. The fraction of sp³-hybridized carbons (Fsp3) is 0.375. The van der Waals surface area contributed by atoms with Gasteiger partial charge in [-0.3, -0.25) is 0 Å². The van der Waals surface area contributed by atoms with Crippen molar-refractivity contribution in [3.8, 4) is 11.6 Å². The summed E-state index contributed by atoms with van der Waals surface area (Å²) < 4.78 is 11.1. The van der Waals surface area contributed by atoms with Crippen molar-refractivity contribution in [2.24, 2.45) is 0 Å². The second-order valence-corrected chi connectivity index (χ2v) is 5.24. The Morgan fingerprint density at radius 2 is 2.05 bits per heavy atom. The van der Waals surface area contributed by atoms with Gasteiger partial charge in [0.2, 0.25) is 11.7 Å². The molecule has 0 spiro atoms. The summed E-state index contributed by atoms with van der Waals surface area (Å²) in [6, 6.07) is 10.1. The van der Waals surface area contributed by atoms with E-state index in [1.165, 1.54) is 0 Å². The molecule has 3 rings (SSSR count).